The number of amides is 1. The number of carbonyl (C=O) groups is 3. The van der Waals surface area contributed by atoms with Crippen molar-refractivity contribution in [1.82, 2.24) is 4.90 Å². The highest BCUT2D eigenvalue weighted by Crippen LogP contribution is 2.25. The molecule has 0 bridgehead atoms. The number of nitrogens with two attached hydrogens (primary N) is 1. The van der Waals surface area contributed by atoms with Gasteiger partial charge in [0.25, 0.3) is 0 Å². The first-order chi connectivity index (χ1) is 9.38. The number of unbranched alkanes of at least 4 members (excludes halogenated alkanes) is 1. The first-order valence-electron chi connectivity index (χ1n) is 6.88. The minimum absolute atomic E-state index is 0.0784. The van der Waals surface area contributed by atoms with Gasteiger partial charge in [-0.25, -0.2) is 0 Å². The highest BCUT2D eigenvalue weighted by molar-refractivity contribution is 5.84. The maximum Gasteiger partial charge on any atom is 0.309 e. The third kappa shape index (κ3) is 3.93. The van der Waals surface area contributed by atoms with Crippen LogP contribution in [0.1, 0.15) is 32.6 Å². The van der Waals surface area contributed by atoms with Crippen molar-refractivity contribution in [2.75, 3.05) is 13.1 Å². The Morgan fingerprint density at radius 3 is 2.35 bits per heavy atom. The molecule has 0 aromatic carbocycles. The molecule has 0 saturated carbocycles. The molecule has 1 heterocycles. The SMILES string of the molecule is CCCCC(N)C(=O)N1CCC(C(=O)O)C(C(=O)O)C1. The average Bonchev–Trinajstić information content (AvgIpc) is 2.42. The Hall–Kier alpha value is -1.63. The van der Waals surface area contributed by atoms with Crippen LogP contribution in [0, 0.1) is 11.8 Å². The normalized spacial score (nSPS) is 24.2. The van der Waals surface area contributed by atoms with Crippen molar-refractivity contribution in [2.45, 2.75) is 38.6 Å². The lowest BCUT2D eigenvalue weighted by Gasteiger charge is -2.35. The van der Waals surface area contributed by atoms with Crippen LogP contribution in [0.3, 0.4) is 0 Å². The molecule has 20 heavy (non-hydrogen) atoms. The summed E-state index contributed by atoms with van der Waals surface area (Å²) in [6, 6.07) is -0.634. The van der Waals surface area contributed by atoms with Crippen molar-refractivity contribution in [3.05, 3.63) is 0 Å². The number of carbonyl (C=O) groups excluding carboxylic acids is 1. The van der Waals surface area contributed by atoms with Crippen LogP contribution in [0.25, 0.3) is 0 Å². The fourth-order valence-corrected chi connectivity index (χ4v) is 2.48. The van der Waals surface area contributed by atoms with Crippen molar-refractivity contribution in [1.29, 1.82) is 0 Å². The first kappa shape index (κ1) is 16.4. The van der Waals surface area contributed by atoms with Crippen molar-refractivity contribution >= 4 is 17.8 Å². The van der Waals surface area contributed by atoms with E-state index in [0.717, 1.165) is 12.8 Å². The van der Waals surface area contributed by atoms with Crippen LogP contribution in [0.5, 0.6) is 0 Å². The molecular formula is C13H22N2O5. The van der Waals surface area contributed by atoms with Gasteiger partial charge in [-0.05, 0) is 12.8 Å². The number of nitrogens with zero attached hydrogens (tertiary/aromatic N) is 1. The van der Waals surface area contributed by atoms with Gasteiger partial charge in [-0.15, -0.1) is 0 Å². The van der Waals surface area contributed by atoms with Gasteiger partial charge in [0.1, 0.15) is 0 Å². The summed E-state index contributed by atoms with van der Waals surface area (Å²) in [6.07, 6.45) is 2.48. The predicted octanol–water partition coefficient (Wildman–Crippen LogP) is 0.138. The maximum absolute atomic E-state index is 12.1. The zero-order valence-corrected chi connectivity index (χ0v) is 11.6. The van der Waals surface area contributed by atoms with E-state index in [1.807, 2.05) is 6.92 Å². The quantitative estimate of drug-likeness (QED) is 0.638. The molecule has 1 rings (SSSR count). The van der Waals surface area contributed by atoms with Gasteiger partial charge >= 0.3 is 11.9 Å². The number of hydrogen-bond donors (Lipinski definition) is 3. The summed E-state index contributed by atoms with van der Waals surface area (Å²) in [5.41, 5.74) is 5.80. The standard InChI is InChI=1S/C13H22N2O5/c1-2-3-4-10(14)11(16)15-6-5-8(12(17)18)9(7-15)13(19)20/h8-10H,2-7,14H2,1H3,(H,17,18)(H,19,20). The fourth-order valence-electron chi connectivity index (χ4n) is 2.48. The Labute approximate surface area is 117 Å². The molecule has 1 amide bonds. The third-order valence-electron chi connectivity index (χ3n) is 3.74. The minimum Gasteiger partial charge on any atom is -0.481 e. The van der Waals surface area contributed by atoms with Crippen LogP contribution in [0.15, 0.2) is 0 Å². The molecule has 3 unspecified atom stereocenters. The Morgan fingerprint density at radius 1 is 1.25 bits per heavy atom. The first-order valence-corrected chi connectivity index (χ1v) is 6.88. The largest absolute Gasteiger partial charge is 0.481 e. The Kier molecular flexibility index (Phi) is 5.94. The highest BCUT2D eigenvalue weighted by Gasteiger charge is 2.40. The van der Waals surface area contributed by atoms with E-state index in [1.165, 1.54) is 4.90 Å². The third-order valence-corrected chi connectivity index (χ3v) is 3.74. The summed E-state index contributed by atoms with van der Waals surface area (Å²) in [5, 5.41) is 18.1. The van der Waals surface area contributed by atoms with E-state index in [4.69, 9.17) is 15.9 Å². The molecule has 0 aromatic rings. The van der Waals surface area contributed by atoms with Crippen LogP contribution in [-0.4, -0.2) is 52.1 Å². The summed E-state index contributed by atoms with van der Waals surface area (Å²) in [6.45, 7) is 2.17. The number of rotatable bonds is 6. The van der Waals surface area contributed by atoms with E-state index in [9.17, 15) is 14.4 Å². The van der Waals surface area contributed by atoms with E-state index < -0.39 is 29.8 Å². The second-order valence-corrected chi connectivity index (χ2v) is 5.21. The lowest BCUT2D eigenvalue weighted by molar-refractivity contribution is -0.159. The molecule has 0 aromatic heterocycles. The van der Waals surface area contributed by atoms with Gasteiger partial charge in [0.15, 0.2) is 0 Å². The number of piperidine rings is 1. The minimum atomic E-state index is -1.18. The number of carboxylic acids is 2. The van der Waals surface area contributed by atoms with Crippen LogP contribution >= 0.6 is 0 Å². The Morgan fingerprint density at radius 2 is 1.85 bits per heavy atom. The molecule has 114 valence electrons. The summed E-state index contributed by atoms with van der Waals surface area (Å²) in [5.74, 6) is -4.60. The van der Waals surface area contributed by atoms with Gasteiger partial charge in [0.2, 0.25) is 5.91 Å². The zero-order valence-electron chi connectivity index (χ0n) is 11.6. The van der Waals surface area contributed by atoms with E-state index >= 15 is 0 Å². The van der Waals surface area contributed by atoms with E-state index in [-0.39, 0.29) is 25.4 Å². The monoisotopic (exact) mass is 286 g/mol. The lowest BCUT2D eigenvalue weighted by atomic mass is 9.85. The molecule has 0 spiro atoms. The van der Waals surface area contributed by atoms with Gasteiger partial charge in [-0.1, -0.05) is 19.8 Å². The molecule has 1 aliphatic heterocycles. The topological polar surface area (TPSA) is 121 Å². The van der Waals surface area contributed by atoms with E-state index in [1.54, 1.807) is 0 Å². The van der Waals surface area contributed by atoms with Gasteiger partial charge in [0, 0.05) is 13.1 Å². The number of hydrogen-bond acceptors (Lipinski definition) is 4. The smallest absolute Gasteiger partial charge is 0.309 e. The molecule has 1 saturated heterocycles. The van der Waals surface area contributed by atoms with Crippen LogP contribution in [0.2, 0.25) is 0 Å². The van der Waals surface area contributed by atoms with Gasteiger partial charge < -0.3 is 20.8 Å². The fraction of sp³-hybridized carbons (Fsp3) is 0.769. The molecular weight excluding hydrogens is 264 g/mol. The summed E-state index contributed by atoms with van der Waals surface area (Å²) in [7, 11) is 0. The van der Waals surface area contributed by atoms with Crippen molar-refractivity contribution in [3.8, 4) is 0 Å². The molecule has 0 radical (unpaired) electrons. The maximum atomic E-state index is 12.1. The average molecular weight is 286 g/mol. The highest BCUT2D eigenvalue weighted by atomic mass is 16.4. The molecule has 0 aliphatic carbocycles. The number of carboxylic acid groups (broad SMARTS) is 2. The molecule has 4 N–H and O–H groups in total. The van der Waals surface area contributed by atoms with Gasteiger partial charge in [-0.3, -0.25) is 14.4 Å². The van der Waals surface area contributed by atoms with Crippen molar-refractivity contribution in [3.63, 3.8) is 0 Å². The molecule has 1 fully saturated rings. The van der Waals surface area contributed by atoms with Gasteiger partial charge in [0.05, 0.1) is 17.9 Å². The van der Waals surface area contributed by atoms with Crippen LogP contribution in [-0.2, 0) is 14.4 Å². The number of aliphatic carboxylic acids is 2. The second-order valence-electron chi connectivity index (χ2n) is 5.21. The predicted molar refractivity (Wildman–Crippen MR) is 70.9 cm³/mol. The lowest BCUT2D eigenvalue weighted by Crippen LogP contribution is -2.52. The van der Waals surface area contributed by atoms with Crippen LogP contribution < -0.4 is 5.73 Å². The zero-order chi connectivity index (χ0) is 15.3. The summed E-state index contributed by atoms with van der Waals surface area (Å²) >= 11 is 0. The Bertz CT molecular complexity index is 385. The van der Waals surface area contributed by atoms with Gasteiger partial charge in [-0.2, -0.15) is 0 Å². The Balaban J connectivity index is 2.68. The molecule has 1 aliphatic rings. The second kappa shape index (κ2) is 7.23. The molecule has 3 atom stereocenters. The van der Waals surface area contributed by atoms with E-state index in [2.05, 4.69) is 0 Å². The summed E-state index contributed by atoms with van der Waals surface area (Å²) < 4.78 is 0. The van der Waals surface area contributed by atoms with E-state index in [0.29, 0.717) is 6.42 Å². The number of likely N-dealkylation sites (tertiary alicyclic amines) is 1. The van der Waals surface area contributed by atoms with Crippen LogP contribution in [0.4, 0.5) is 0 Å². The molecule has 7 nitrogen and oxygen atoms in total. The molecule has 7 heteroatoms. The summed E-state index contributed by atoms with van der Waals surface area (Å²) in [4.78, 5) is 35.7. The van der Waals surface area contributed by atoms with Crippen molar-refractivity contribution < 1.29 is 24.6 Å². The van der Waals surface area contributed by atoms with Crippen molar-refractivity contribution in [2.24, 2.45) is 17.6 Å².